The molecule has 0 saturated carbocycles. The van der Waals surface area contributed by atoms with E-state index in [1.807, 2.05) is 6.07 Å². The van der Waals surface area contributed by atoms with Gasteiger partial charge in [0.05, 0.1) is 5.75 Å². The number of hydrogen-bond donors (Lipinski definition) is 4. The third kappa shape index (κ3) is 4.32. The predicted octanol–water partition coefficient (Wildman–Crippen LogP) is 2.47. The maximum atomic E-state index is 12.0. The van der Waals surface area contributed by atoms with E-state index >= 15 is 0 Å². The molecular weight excluding hydrogens is 364 g/mol. The van der Waals surface area contributed by atoms with E-state index in [0.717, 1.165) is 6.07 Å². The second kappa shape index (κ2) is 7.46. The topological polar surface area (TPSA) is 145 Å². The van der Waals surface area contributed by atoms with Crippen molar-refractivity contribution in [1.29, 1.82) is 0 Å². The number of rotatable bonds is 2. The Kier molecular flexibility index (Phi) is 5.53. The molecule has 2 aromatic carbocycles. The average Bonchev–Trinajstić information content (AvgIpc) is 2.60. The van der Waals surface area contributed by atoms with Gasteiger partial charge in [-0.05, 0) is 6.92 Å². The van der Waals surface area contributed by atoms with Gasteiger partial charge in [-0.15, -0.1) is 0 Å². The van der Waals surface area contributed by atoms with Crippen LogP contribution in [0, 0.1) is 0 Å². The third-order valence-electron chi connectivity index (χ3n) is 3.37. The molecule has 0 radical (unpaired) electrons. The smallest absolute Gasteiger partial charge is 0.264 e. The molecule has 3 rings (SSSR count). The second-order valence-electron chi connectivity index (χ2n) is 5.18. The zero-order valence-electron chi connectivity index (χ0n) is 13.6. The highest BCUT2D eigenvalue weighted by Gasteiger charge is 2.17. The first kappa shape index (κ1) is 19.3. The van der Waals surface area contributed by atoms with Crippen LogP contribution in [0.2, 0.25) is 0 Å². The number of fused-ring (bicyclic) bond motifs is 1. The fraction of sp³-hybridized carbons (Fsp3) is 0.118. The Morgan fingerprint density at radius 2 is 1.58 bits per heavy atom. The van der Waals surface area contributed by atoms with Crippen molar-refractivity contribution in [2.45, 2.75) is 6.92 Å². The Hall–Kier alpha value is -3.04. The highest BCUT2D eigenvalue weighted by Crippen LogP contribution is 2.40. The molecule has 1 heterocycles. The first-order valence-electron chi connectivity index (χ1n) is 7.36. The molecule has 0 spiro atoms. The van der Waals surface area contributed by atoms with E-state index in [4.69, 9.17) is 8.97 Å². The molecule has 4 N–H and O–H groups in total. The SMILES string of the molecule is CCS(=O)(=O)O.O=c1cc(-c2ccccc2)oc2cc(O)c(O)c(O)c12. The lowest BCUT2D eigenvalue weighted by molar-refractivity contribution is 0.370. The standard InChI is InChI=1S/C15H10O5.C2H6O3S/c16-9-6-11(8-4-2-1-3-5-8)20-12-7-10(17)14(18)15(19)13(9)12;1-2-6(3,4)5/h1-7,17-19H;2H2,1H3,(H,3,4,5). The molecule has 0 fully saturated rings. The molecule has 0 atom stereocenters. The van der Waals surface area contributed by atoms with Crippen molar-refractivity contribution in [3.63, 3.8) is 0 Å². The molecule has 26 heavy (non-hydrogen) atoms. The van der Waals surface area contributed by atoms with Gasteiger partial charge in [-0.25, -0.2) is 0 Å². The van der Waals surface area contributed by atoms with E-state index in [1.165, 1.54) is 13.0 Å². The second-order valence-corrected chi connectivity index (χ2v) is 6.92. The largest absolute Gasteiger partial charge is 0.504 e. The molecule has 0 aliphatic rings. The Labute approximate surface area is 148 Å². The van der Waals surface area contributed by atoms with Gasteiger partial charge in [-0.3, -0.25) is 9.35 Å². The molecule has 0 amide bonds. The van der Waals surface area contributed by atoms with Gasteiger partial charge in [0.25, 0.3) is 10.1 Å². The summed E-state index contributed by atoms with van der Waals surface area (Å²) in [5.74, 6) is -1.87. The Balaban J connectivity index is 0.000000352. The van der Waals surface area contributed by atoms with Gasteiger partial charge in [0.15, 0.2) is 16.9 Å². The molecule has 0 aliphatic carbocycles. The van der Waals surface area contributed by atoms with Crippen LogP contribution in [0.4, 0.5) is 0 Å². The zero-order valence-corrected chi connectivity index (χ0v) is 14.4. The fourth-order valence-corrected chi connectivity index (χ4v) is 2.02. The van der Waals surface area contributed by atoms with Crippen molar-refractivity contribution in [1.82, 2.24) is 0 Å². The number of benzene rings is 2. The summed E-state index contributed by atoms with van der Waals surface area (Å²) in [5, 5.41) is 28.5. The number of phenolic OH excluding ortho intramolecular Hbond substituents is 3. The molecule has 0 saturated heterocycles. The van der Waals surface area contributed by atoms with Crippen molar-refractivity contribution >= 4 is 21.1 Å². The van der Waals surface area contributed by atoms with Crippen LogP contribution >= 0.6 is 0 Å². The van der Waals surface area contributed by atoms with Gasteiger partial charge in [0, 0.05) is 17.7 Å². The van der Waals surface area contributed by atoms with Gasteiger partial charge < -0.3 is 19.7 Å². The maximum Gasteiger partial charge on any atom is 0.264 e. The summed E-state index contributed by atoms with van der Waals surface area (Å²) in [4.78, 5) is 12.0. The normalized spacial score (nSPS) is 11.0. The highest BCUT2D eigenvalue weighted by molar-refractivity contribution is 7.85. The summed E-state index contributed by atoms with van der Waals surface area (Å²) in [6, 6.07) is 11.3. The van der Waals surface area contributed by atoms with E-state index in [9.17, 15) is 28.5 Å². The summed E-state index contributed by atoms with van der Waals surface area (Å²) in [7, 11) is -3.66. The molecule has 8 nitrogen and oxygen atoms in total. The summed E-state index contributed by atoms with van der Waals surface area (Å²) < 4.78 is 32.4. The van der Waals surface area contributed by atoms with Crippen molar-refractivity contribution < 1.29 is 32.7 Å². The summed E-state index contributed by atoms with van der Waals surface area (Å²) in [5.41, 5.74) is 0.195. The Bertz CT molecular complexity index is 1090. The molecule has 0 aliphatic heterocycles. The average molecular weight is 380 g/mol. The van der Waals surface area contributed by atoms with Crippen LogP contribution in [0.15, 0.2) is 51.7 Å². The zero-order chi connectivity index (χ0) is 19.5. The minimum absolute atomic E-state index is 0.00385. The van der Waals surface area contributed by atoms with Crippen LogP contribution in [0.1, 0.15) is 6.92 Å². The van der Waals surface area contributed by atoms with E-state index in [-0.39, 0.29) is 16.7 Å². The number of hydrogen-bond acceptors (Lipinski definition) is 7. The summed E-state index contributed by atoms with van der Waals surface area (Å²) in [6.07, 6.45) is 0. The van der Waals surface area contributed by atoms with E-state index in [0.29, 0.717) is 11.3 Å². The van der Waals surface area contributed by atoms with Crippen LogP contribution in [0.25, 0.3) is 22.3 Å². The summed E-state index contributed by atoms with van der Waals surface area (Å²) in [6.45, 7) is 1.37. The Morgan fingerprint density at radius 3 is 2.12 bits per heavy atom. The van der Waals surface area contributed by atoms with Crippen LogP contribution in [0.3, 0.4) is 0 Å². The number of phenols is 3. The van der Waals surface area contributed by atoms with Crippen molar-refractivity contribution in [2.75, 3.05) is 5.75 Å². The van der Waals surface area contributed by atoms with Crippen LogP contribution in [-0.4, -0.2) is 34.0 Å². The fourth-order valence-electron chi connectivity index (χ4n) is 2.02. The van der Waals surface area contributed by atoms with E-state index < -0.39 is 32.8 Å². The first-order valence-corrected chi connectivity index (χ1v) is 8.97. The first-order chi connectivity index (χ1) is 12.1. The van der Waals surface area contributed by atoms with Gasteiger partial charge in [0.2, 0.25) is 5.75 Å². The molecule has 0 unspecified atom stereocenters. The van der Waals surface area contributed by atoms with Gasteiger partial charge >= 0.3 is 0 Å². The van der Waals surface area contributed by atoms with Gasteiger partial charge in [-0.2, -0.15) is 8.42 Å². The predicted molar refractivity (Wildman–Crippen MR) is 95.0 cm³/mol. The lowest BCUT2D eigenvalue weighted by Gasteiger charge is -2.06. The van der Waals surface area contributed by atoms with Crippen molar-refractivity contribution in [3.05, 3.63) is 52.7 Å². The van der Waals surface area contributed by atoms with Crippen molar-refractivity contribution in [3.8, 4) is 28.6 Å². The lowest BCUT2D eigenvalue weighted by atomic mass is 10.1. The molecule has 138 valence electrons. The van der Waals surface area contributed by atoms with Crippen molar-refractivity contribution in [2.24, 2.45) is 0 Å². The molecule has 1 aromatic heterocycles. The van der Waals surface area contributed by atoms with Gasteiger partial charge in [0.1, 0.15) is 16.7 Å². The maximum absolute atomic E-state index is 12.0. The van der Waals surface area contributed by atoms with E-state index in [2.05, 4.69) is 0 Å². The van der Waals surface area contributed by atoms with Crippen LogP contribution in [-0.2, 0) is 10.1 Å². The minimum atomic E-state index is -3.66. The van der Waals surface area contributed by atoms with Crippen LogP contribution in [0.5, 0.6) is 17.2 Å². The lowest BCUT2D eigenvalue weighted by Crippen LogP contribution is -2.00. The monoisotopic (exact) mass is 380 g/mol. The van der Waals surface area contributed by atoms with E-state index in [1.54, 1.807) is 24.3 Å². The van der Waals surface area contributed by atoms with Crippen LogP contribution < -0.4 is 5.43 Å². The Morgan fingerprint density at radius 1 is 1.00 bits per heavy atom. The quantitative estimate of drug-likeness (QED) is 0.392. The summed E-state index contributed by atoms with van der Waals surface area (Å²) >= 11 is 0. The number of aromatic hydroxyl groups is 3. The molecule has 0 bridgehead atoms. The molecular formula is C17H16O8S. The molecule has 9 heteroatoms. The highest BCUT2D eigenvalue weighted by atomic mass is 32.2. The molecule has 3 aromatic rings. The minimum Gasteiger partial charge on any atom is -0.504 e. The third-order valence-corrected chi connectivity index (χ3v) is 4.10. The van der Waals surface area contributed by atoms with Gasteiger partial charge in [-0.1, -0.05) is 30.3 Å².